The largest absolute Gasteiger partial charge is 0.416 e. The molecule has 0 spiro atoms. The number of nitro groups is 1. The third-order valence-corrected chi connectivity index (χ3v) is 4.71. The zero-order chi connectivity index (χ0) is 20.1. The molecule has 1 aliphatic rings. The highest BCUT2D eigenvalue weighted by molar-refractivity contribution is 5.76. The fraction of sp³-hybridized carbons (Fsp3) is 0.588. The third kappa shape index (κ3) is 6.09. The molecule has 1 aliphatic heterocycles. The van der Waals surface area contributed by atoms with Crippen LogP contribution in [0.1, 0.15) is 31.7 Å². The summed E-state index contributed by atoms with van der Waals surface area (Å²) in [5, 5.41) is 19.8. The summed E-state index contributed by atoms with van der Waals surface area (Å²) in [4.78, 5) is 22.1. The van der Waals surface area contributed by atoms with Crippen LogP contribution < -0.4 is 16.0 Å². The molecule has 150 valence electrons. The molecular formula is C17H23F3N4O3. The maximum Gasteiger partial charge on any atom is 0.416 e. The van der Waals surface area contributed by atoms with Crippen LogP contribution in [0.15, 0.2) is 18.2 Å². The highest BCUT2D eigenvalue weighted by Crippen LogP contribution is 2.35. The lowest BCUT2D eigenvalue weighted by Crippen LogP contribution is -2.43. The SMILES string of the molecule is CC1(CNC(=O)CCNc2ccc(C(F)(F)F)cc2[N+](=O)[O-])CCNCC1. The first-order valence-electron chi connectivity index (χ1n) is 8.68. The molecule has 10 heteroatoms. The van der Waals surface area contributed by atoms with E-state index >= 15 is 0 Å². The van der Waals surface area contributed by atoms with Crippen molar-refractivity contribution in [2.75, 3.05) is 31.5 Å². The molecular weight excluding hydrogens is 365 g/mol. The second-order valence-electron chi connectivity index (χ2n) is 7.00. The lowest BCUT2D eigenvalue weighted by atomic mass is 9.81. The number of hydrogen-bond donors (Lipinski definition) is 3. The van der Waals surface area contributed by atoms with Crippen molar-refractivity contribution >= 4 is 17.3 Å². The Labute approximate surface area is 154 Å². The first-order valence-corrected chi connectivity index (χ1v) is 8.68. The van der Waals surface area contributed by atoms with Gasteiger partial charge in [-0.1, -0.05) is 6.92 Å². The number of nitrogens with one attached hydrogen (secondary N) is 3. The smallest absolute Gasteiger partial charge is 0.379 e. The number of halogens is 3. The van der Waals surface area contributed by atoms with Gasteiger partial charge in [0, 0.05) is 25.6 Å². The minimum absolute atomic E-state index is 0.0422. The molecule has 7 nitrogen and oxygen atoms in total. The number of nitro benzene ring substituents is 1. The van der Waals surface area contributed by atoms with Crippen LogP contribution in [0.25, 0.3) is 0 Å². The van der Waals surface area contributed by atoms with Gasteiger partial charge in [-0.2, -0.15) is 13.2 Å². The fourth-order valence-corrected chi connectivity index (χ4v) is 2.93. The van der Waals surface area contributed by atoms with E-state index in [9.17, 15) is 28.1 Å². The van der Waals surface area contributed by atoms with E-state index < -0.39 is 22.4 Å². The average Bonchev–Trinajstić information content (AvgIpc) is 2.60. The van der Waals surface area contributed by atoms with E-state index in [-0.39, 0.29) is 30.0 Å². The van der Waals surface area contributed by atoms with Crippen molar-refractivity contribution in [1.82, 2.24) is 10.6 Å². The Morgan fingerprint density at radius 1 is 1.33 bits per heavy atom. The van der Waals surface area contributed by atoms with Crippen LogP contribution in [0, 0.1) is 15.5 Å². The van der Waals surface area contributed by atoms with E-state index in [0.29, 0.717) is 12.6 Å². The summed E-state index contributed by atoms with van der Waals surface area (Å²) in [6.07, 6.45) is -2.67. The van der Waals surface area contributed by atoms with E-state index in [0.717, 1.165) is 38.1 Å². The van der Waals surface area contributed by atoms with Crippen LogP contribution in [-0.2, 0) is 11.0 Å². The molecule has 1 aromatic carbocycles. The zero-order valence-electron chi connectivity index (χ0n) is 15.0. The van der Waals surface area contributed by atoms with Gasteiger partial charge >= 0.3 is 6.18 Å². The molecule has 0 aromatic heterocycles. The number of anilines is 1. The molecule has 3 N–H and O–H groups in total. The highest BCUT2D eigenvalue weighted by atomic mass is 19.4. The standard InChI is InChI=1S/C17H23F3N4O3/c1-16(5-8-21-9-6-16)11-23-15(25)4-7-22-13-3-2-12(17(18,19)20)10-14(13)24(26)27/h2-3,10,21-22H,4-9,11H2,1H3,(H,23,25). The van der Waals surface area contributed by atoms with Crippen molar-refractivity contribution in [3.63, 3.8) is 0 Å². The summed E-state index contributed by atoms with van der Waals surface area (Å²) in [6.45, 7) is 4.55. The van der Waals surface area contributed by atoms with Crippen LogP contribution in [0.3, 0.4) is 0 Å². The van der Waals surface area contributed by atoms with Gasteiger partial charge in [-0.3, -0.25) is 14.9 Å². The van der Waals surface area contributed by atoms with Gasteiger partial charge in [0.25, 0.3) is 5.69 Å². The van der Waals surface area contributed by atoms with Crippen molar-refractivity contribution < 1.29 is 22.9 Å². The molecule has 1 saturated heterocycles. The molecule has 0 aliphatic carbocycles. The van der Waals surface area contributed by atoms with Gasteiger partial charge in [-0.25, -0.2) is 0 Å². The average molecular weight is 388 g/mol. The maximum atomic E-state index is 12.7. The second kappa shape index (κ2) is 8.55. The quantitative estimate of drug-likeness (QED) is 0.493. The Morgan fingerprint density at radius 3 is 2.59 bits per heavy atom. The first-order chi connectivity index (χ1) is 12.6. The highest BCUT2D eigenvalue weighted by Gasteiger charge is 2.33. The Kier molecular flexibility index (Phi) is 6.63. The summed E-state index contributed by atoms with van der Waals surface area (Å²) >= 11 is 0. The van der Waals surface area contributed by atoms with Crippen LogP contribution in [0.5, 0.6) is 0 Å². The minimum Gasteiger partial charge on any atom is -0.379 e. The van der Waals surface area contributed by atoms with Gasteiger partial charge in [0.15, 0.2) is 0 Å². The number of alkyl halides is 3. The van der Waals surface area contributed by atoms with E-state index in [1.54, 1.807) is 0 Å². The van der Waals surface area contributed by atoms with Crippen LogP contribution in [0.2, 0.25) is 0 Å². The molecule has 1 amide bonds. The number of piperidine rings is 1. The van der Waals surface area contributed by atoms with Gasteiger partial charge in [-0.15, -0.1) is 0 Å². The fourth-order valence-electron chi connectivity index (χ4n) is 2.93. The normalized spacial score (nSPS) is 16.6. The number of benzene rings is 1. The molecule has 0 unspecified atom stereocenters. The van der Waals surface area contributed by atoms with Crippen molar-refractivity contribution in [3.05, 3.63) is 33.9 Å². The van der Waals surface area contributed by atoms with E-state index in [1.807, 2.05) is 0 Å². The predicted octanol–water partition coefficient (Wildman–Crippen LogP) is 2.92. The lowest BCUT2D eigenvalue weighted by Gasteiger charge is -2.34. The lowest BCUT2D eigenvalue weighted by molar-refractivity contribution is -0.384. The third-order valence-electron chi connectivity index (χ3n) is 4.71. The Bertz CT molecular complexity index is 688. The van der Waals surface area contributed by atoms with Gasteiger partial charge in [0.2, 0.25) is 5.91 Å². The number of amides is 1. The van der Waals surface area contributed by atoms with Crippen LogP contribution >= 0.6 is 0 Å². The number of carbonyl (C=O) groups is 1. The summed E-state index contributed by atoms with van der Waals surface area (Å²) in [7, 11) is 0. The monoisotopic (exact) mass is 388 g/mol. The van der Waals surface area contributed by atoms with Gasteiger partial charge in [0.05, 0.1) is 10.5 Å². The summed E-state index contributed by atoms with van der Waals surface area (Å²) < 4.78 is 38.1. The summed E-state index contributed by atoms with van der Waals surface area (Å²) in [5.41, 5.74) is -1.77. The van der Waals surface area contributed by atoms with E-state index in [1.165, 1.54) is 0 Å². The zero-order valence-corrected chi connectivity index (χ0v) is 15.0. The van der Waals surface area contributed by atoms with Crippen molar-refractivity contribution in [2.45, 2.75) is 32.4 Å². The molecule has 0 bridgehead atoms. The van der Waals surface area contributed by atoms with Gasteiger partial charge < -0.3 is 16.0 Å². The molecule has 0 radical (unpaired) electrons. The molecule has 0 saturated carbocycles. The van der Waals surface area contributed by atoms with E-state index in [2.05, 4.69) is 22.9 Å². The van der Waals surface area contributed by atoms with Gasteiger partial charge in [0.1, 0.15) is 5.69 Å². The number of nitrogens with zero attached hydrogens (tertiary/aromatic N) is 1. The molecule has 1 heterocycles. The van der Waals surface area contributed by atoms with Crippen LogP contribution in [-0.4, -0.2) is 37.0 Å². The Balaban J connectivity index is 1.87. The topological polar surface area (TPSA) is 96.3 Å². The summed E-state index contributed by atoms with van der Waals surface area (Å²) in [5.74, 6) is -0.211. The Hall–Kier alpha value is -2.36. The predicted molar refractivity (Wildman–Crippen MR) is 94.4 cm³/mol. The minimum atomic E-state index is -4.66. The van der Waals surface area contributed by atoms with Crippen molar-refractivity contribution in [3.8, 4) is 0 Å². The number of rotatable bonds is 7. The molecule has 2 rings (SSSR count). The van der Waals surface area contributed by atoms with E-state index in [4.69, 9.17) is 0 Å². The van der Waals surface area contributed by atoms with Crippen molar-refractivity contribution in [1.29, 1.82) is 0 Å². The second-order valence-corrected chi connectivity index (χ2v) is 7.00. The number of hydrogen-bond acceptors (Lipinski definition) is 5. The van der Waals surface area contributed by atoms with Crippen LogP contribution in [0.4, 0.5) is 24.5 Å². The molecule has 1 fully saturated rings. The maximum absolute atomic E-state index is 12.7. The molecule has 27 heavy (non-hydrogen) atoms. The first kappa shape index (κ1) is 20.9. The molecule has 1 aromatic rings. The molecule has 0 atom stereocenters. The number of carbonyl (C=O) groups excluding carboxylic acids is 1. The van der Waals surface area contributed by atoms with Crippen molar-refractivity contribution in [2.24, 2.45) is 5.41 Å². The Morgan fingerprint density at radius 2 is 2.00 bits per heavy atom. The summed E-state index contributed by atoms with van der Waals surface area (Å²) in [6, 6.07) is 2.27. The van der Waals surface area contributed by atoms with Gasteiger partial charge in [-0.05, 0) is 43.5 Å².